The van der Waals surface area contributed by atoms with Crippen LogP contribution in [0.5, 0.6) is 0 Å². The van der Waals surface area contributed by atoms with E-state index in [-0.39, 0.29) is 18.5 Å². The molecule has 3 heteroatoms. The molecule has 0 saturated carbocycles. The van der Waals surface area contributed by atoms with Gasteiger partial charge in [0.1, 0.15) is 6.61 Å². The Labute approximate surface area is 154 Å². The summed E-state index contributed by atoms with van der Waals surface area (Å²) in [5.41, 5.74) is 3.86. The Morgan fingerprint density at radius 3 is 2.42 bits per heavy atom. The van der Waals surface area contributed by atoms with E-state index in [2.05, 4.69) is 35.9 Å². The molecule has 0 aromatic heterocycles. The van der Waals surface area contributed by atoms with E-state index in [9.17, 15) is 4.79 Å². The van der Waals surface area contributed by atoms with E-state index >= 15 is 0 Å². The molecule has 26 heavy (non-hydrogen) atoms. The highest BCUT2D eigenvalue weighted by Gasteiger charge is 2.29. The van der Waals surface area contributed by atoms with Gasteiger partial charge < -0.3 is 9.64 Å². The van der Waals surface area contributed by atoms with Gasteiger partial charge in [-0.25, -0.2) is 4.79 Å². The number of hydrogen-bond donors (Lipinski definition) is 0. The Hall–Kier alpha value is -3.07. The van der Waals surface area contributed by atoms with Crippen LogP contribution in [0.1, 0.15) is 24.0 Å². The summed E-state index contributed by atoms with van der Waals surface area (Å²) in [6.45, 7) is 6.53. The zero-order valence-corrected chi connectivity index (χ0v) is 15.0. The summed E-state index contributed by atoms with van der Waals surface area (Å²) in [6.07, 6.45) is 5.71. The standard InChI is InChI=1S/C23H23NO2/c1-3-16-26-23(25)22-18(2)24(17-19-10-6-4-7-11-19)15-14-21(22)20-12-8-5-9-13-20/h3-15,21H,1,16-17H2,2H3. The molecule has 1 aliphatic rings. The SMILES string of the molecule is C=CCOC(=O)C1=C(C)N(Cc2ccccc2)C=CC1c1ccccc1. The molecule has 0 spiro atoms. The molecule has 132 valence electrons. The van der Waals surface area contributed by atoms with Gasteiger partial charge in [-0.15, -0.1) is 0 Å². The first-order valence-electron chi connectivity index (χ1n) is 8.73. The Kier molecular flexibility index (Phi) is 5.69. The van der Waals surface area contributed by atoms with Crippen LogP contribution in [-0.4, -0.2) is 17.5 Å². The first kappa shape index (κ1) is 17.7. The number of benzene rings is 2. The highest BCUT2D eigenvalue weighted by Crippen LogP contribution is 2.34. The third-order valence-corrected chi connectivity index (χ3v) is 4.50. The van der Waals surface area contributed by atoms with Gasteiger partial charge in [-0.2, -0.15) is 0 Å². The number of carbonyl (C=O) groups is 1. The Morgan fingerprint density at radius 1 is 1.12 bits per heavy atom. The highest BCUT2D eigenvalue weighted by molar-refractivity contribution is 5.92. The lowest BCUT2D eigenvalue weighted by Crippen LogP contribution is -2.26. The summed E-state index contributed by atoms with van der Waals surface area (Å²) in [6, 6.07) is 20.2. The molecule has 1 unspecified atom stereocenters. The van der Waals surface area contributed by atoms with Crippen molar-refractivity contribution in [2.24, 2.45) is 0 Å². The van der Waals surface area contributed by atoms with Gasteiger partial charge in [-0.05, 0) is 18.1 Å². The summed E-state index contributed by atoms with van der Waals surface area (Å²) >= 11 is 0. The molecular weight excluding hydrogens is 322 g/mol. The van der Waals surface area contributed by atoms with Crippen molar-refractivity contribution in [1.29, 1.82) is 0 Å². The van der Waals surface area contributed by atoms with E-state index in [1.165, 1.54) is 5.56 Å². The van der Waals surface area contributed by atoms with Crippen LogP contribution in [0.3, 0.4) is 0 Å². The molecule has 0 fully saturated rings. The lowest BCUT2D eigenvalue weighted by atomic mass is 9.87. The maximum absolute atomic E-state index is 12.8. The normalized spacial score (nSPS) is 16.5. The van der Waals surface area contributed by atoms with Crippen LogP contribution in [0, 0.1) is 0 Å². The van der Waals surface area contributed by atoms with Crippen LogP contribution < -0.4 is 0 Å². The van der Waals surface area contributed by atoms with Crippen molar-refractivity contribution in [2.75, 3.05) is 6.61 Å². The zero-order valence-electron chi connectivity index (χ0n) is 15.0. The molecule has 0 aliphatic carbocycles. The second kappa shape index (κ2) is 8.34. The molecule has 1 atom stereocenters. The van der Waals surface area contributed by atoms with Gasteiger partial charge in [0.2, 0.25) is 0 Å². The Balaban J connectivity index is 1.94. The van der Waals surface area contributed by atoms with Crippen molar-refractivity contribution in [2.45, 2.75) is 19.4 Å². The zero-order chi connectivity index (χ0) is 18.4. The predicted octanol–water partition coefficient (Wildman–Crippen LogP) is 4.80. The Bertz CT molecular complexity index is 822. The molecule has 0 N–H and O–H groups in total. The van der Waals surface area contributed by atoms with Crippen LogP contribution in [0.15, 0.2) is 96.9 Å². The minimum atomic E-state index is -0.293. The third-order valence-electron chi connectivity index (χ3n) is 4.50. The molecule has 2 aromatic carbocycles. The number of ether oxygens (including phenoxy) is 1. The van der Waals surface area contributed by atoms with Crippen molar-refractivity contribution in [3.05, 3.63) is 108 Å². The second-order valence-corrected chi connectivity index (χ2v) is 6.23. The largest absolute Gasteiger partial charge is 0.458 e. The fourth-order valence-corrected chi connectivity index (χ4v) is 3.15. The van der Waals surface area contributed by atoms with Gasteiger partial charge in [-0.3, -0.25) is 0 Å². The van der Waals surface area contributed by atoms with E-state index in [0.717, 1.165) is 11.3 Å². The number of rotatable bonds is 6. The average Bonchev–Trinajstić information content (AvgIpc) is 2.69. The van der Waals surface area contributed by atoms with E-state index in [1.54, 1.807) is 6.08 Å². The summed E-state index contributed by atoms with van der Waals surface area (Å²) in [5.74, 6) is -0.404. The number of esters is 1. The van der Waals surface area contributed by atoms with E-state index in [4.69, 9.17) is 4.74 Å². The van der Waals surface area contributed by atoms with Crippen molar-refractivity contribution in [1.82, 2.24) is 4.90 Å². The summed E-state index contributed by atoms with van der Waals surface area (Å²) in [7, 11) is 0. The fraction of sp³-hybridized carbons (Fsp3) is 0.174. The topological polar surface area (TPSA) is 29.5 Å². The molecule has 0 amide bonds. The van der Waals surface area contributed by atoms with Gasteiger partial charge in [0.15, 0.2) is 0 Å². The summed E-state index contributed by atoms with van der Waals surface area (Å²) in [4.78, 5) is 14.9. The second-order valence-electron chi connectivity index (χ2n) is 6.23. The lowest BCUT2D eigenvalue weighted by Gasteiger charge is -2.31. The maximum Gasteiger partial charge on any atom is 0.337 e. The van der Waals surface area contributed by atoms with Gasteiger partial charge in [0.05, 0.1) is 5.57 Å². The van der Waals surface area contributed by atoms with Crippen LogP contribution in [0.25, 0.3) is 0 Å². The van der Waals surface area contributed by atoms with Crippen molar-refractivity contribution in [3.8, 4) is 0 Å². The van der Waals surface area contributed by atoms with Crippen molar-refractivity contribution in [3.63, 3.8) is 0 Å². The van der Waals surface area contributed by atoms with Gasteiger partial charge in [-0.1, -0.05) is 79.4 Å². The Morgan fingerprint density at radius 2 is 1.77 bits per heavy atom. The van der Waals surface area contributed by atoms with Gasteiger partial charge in [0, 0.05) is 24.4 Å². The monoisotopic (exact) mass is 345 g/mol. The third kappa shape index (κ3) is 3.94. The first-order chi connectivity index (χ1) is 12.7. The average molecular weight is 345 g/mol. The van der Waals surface area contributed by atoms with Crippen LogP contribution >= 0.6 is 0 Å². The molecule has 3 nitrogen and oxygen atoms in total. The predicted molar refractivity (Wildman–Crippen MR) is 104 cm³/mol. The fourth-order valence-electron chi connectivity index (χ4n) is 3.15. The maximum atomic E-state index is 12.8. The van der Waals surface area contributed by atoms with E-state index in [1.807, 2.05) is 55.5 Å². The number of carbonyl (C=O) groups excluding carboxylic acids is 1. The molecule has 1 aliphatic heterocycles. The quantitative estimate of drug-likeness (QED) is 0.556. The van der Waals surface area contributed by atoms with Crippen LogP contribution in [0.2, 0.25) is 0 Å². The number of nitrogens with zero attached hydrogens (tertiary/aromatic N) is 1. The first-order valence-corrected chi connectivity index (χ1v) is 8.73. The smallest absolute Gasteiger partial charge is 0.337 e. The number of hydrogen-bond acceptors (Lipinski definition) is 3. The molecule has 0 bridgehead atoms. The van der Waals surface area contributed by atoms with E-state index in [0.29, 0.717) is 12.1 Å². The molecule has 0 radical (unpaired) electrons. The van der Waals surface area contributed by atoms with Crippen molar-refractivity contribution >= 4 is 5.97 Å². The molecule has 3 rings (SSSR count). The molecule has 2 aromatic rings. The molecular formula is C23H23NO2. The summed E-state index contributed by atoms with van der Waals surface area (Å²) in [5, 5.41) is 0. The minimum absolute atomic E-state index is 0.111. The van der Waals surface area contributed by atoms with Crippen LogP contribution in [-0.2, 0) is 16.1 Å². The van der Waals surface area contributed by atoms with Gasteiger partial charge in [0.25, 0.3) is 0 Å². The molecule has 0 saturated heterocycles. The lowest BCUT2D eigenvalue weighted by molar-refractivity contribution is -0.138. The molecule has 1 heterocycles. The van der Waals surface area contributed by atoms with Crippen LogP contribution in [0.4, 0.5) is 0 Å². The minimum Gasteiger partial charge on any atom is -0.458 e. The van der Waals surface area contributed by atoms with Gasteiger partial charge >= 0.3 is 5.97 Å². The number of allylic oxidation sites excluding steroid dienone is 2. The van der Waals surface area contributed by atoms with Crippen molar-refractivity contribution < 1.29 is 9.53 Å². The highest BCUT2D eigenvalue weighted by atomic mass is 16.5. The summed E-state index contributed by atoms with van der Waals surface area (Å²) < 4.78 is 5.38. The van der Waals surface area contributed by atoms with E-state index < -0.39 is 0 Å².